The average Bonchev–Trinajstić information content (AvgIpc) is 2.54. The summed E-state index contributed by atoms with van der Waals surface area (Å²) in [6.45, 7) is 1.74. The van der Waals surface area contributed by atoms with Crippen LogP contribution in [0, 0.1) is 0 Å². The number of rotatable bonds is 3. The van der Waals surface area contributed by atoms with Gasteiger partial charge in [0.05, 0.1) is 0 Å². The Morgan fingerprint density at radius 1 is 1.13 bits per heavy atom. The normalized spacial score (nSPS) is 25.4. The van der Waals surface area contributed by atoms with Gasteiger partial charge in [0.15, 0.2) is 11.5 Å². The van der Waals surface area contributed by atoms with E-state index < -0.39 is 29.6 Å². The standard InChI is InChI=1S/C17H21NO5/c1-11-14(23-13-8-4-3-7-12(13)22-11)15(19)18-17(16(20)21)9-5-2-6-10-17/h3-4,7-8,11,14H,2,5-6,9-10H2,1H3,(H,18,19)(H,20,21). The van der Waals surface area contributed by atoms with Gasteiger partial charge >= 0.3 is 5.97 Å². The van der Waals surface area contributed by atoms with E-state index in [4.69, 9.17) is 9.47 Å². The molecule has 1 heterocycles. The fraction of sp³-hybridized carbons (Fsp3) is 0.529. The highest BCUT2D eigenvalue weighted by Gasteiger charge is 2.44. The number of aliphatic carboxylic acids is 1. The molecule has 6 nitrogen and oxygen atoms in total. The van der Waals surface area contributed by atoms with E-state index in [-0.39, 0.29) is 0 Å². The van der Waals surface area contributed by atoms with Crippen molar-refractivity contribution in [3.8, 4) is 11.5 Å². The van der Waals surface area contributed by atoms with Crippen molar-refractivity contribution in [1.82, 2.24) is 5.32 Å². The first kappa shape index (κ1) is 15.6. The number of benzene rings is 1. The quantitative estimate of drug-likeness (QED) is 0.891. The largest absolute Gasteiger partial charge is 0.482 e. The second-order valence-electron chi connectivity index (χ2n) is 6.25. The van der Waals surface area contributed by atoms with Crippen LogP contribution in [0.2, 0.25) is 0 Å². The molecule has 0 radical (unpaired) electrons. The van der Waals surface area contributed by atoms with E-state index in [2.05, 4.69) is 5.32 Å². The van der Waals surface area contributed by atoms with Crippen LogP contribution in [0.25, 0.3) is 0 Å². The van der Waals surface area contributed by atoms with Gasteiger partial charge in [0, 0.05) is 0 Å². The van der Waals surface area contributed by atoms with Gasteiger partial charge in [-0.2, -0.15) is 0 Å². The number of ether oxygens (including phenoxy) is 2. The lowest BCUT2D eigenvalue weighted by molar-refractivity contribution is -0.152. The summed E-state index contributed by atoms with van der Waals surface area (Å²) in [4.78, 5) is 24.3. The summed E-state index contributed by atoms with van der Waals surface area (Å²) in [5.74, 6) is -0.319. The van der Waals surface area contributed by atoms with E-state index in [0.29, 0.717) is 24.3 Å². The van der Waals surface area contributed by atoms with Crippen molar-refractivity contribution in [3.63, 3.8) is 0 Å². The Morgan fingerprint density at radius 2 is 1.74 bits per heavy atom. The van der Waals surface area contributed by atoms with E-state index in [9.17, 15) is 14.7 Å². The molecule has 1 fully saturated rings. The highest BCUT2D eigenvalue weighted by Crippen LogP contribution is 2.34. The van der Waals surface area contributed by atoms with Crippen LogP contribution in [0.15, 0.2) is 24.3 Å². The van der Waals surface area contributed by atoms with Gasteiger partial charge in [-0.1, -0.05) is 31.4 Å². The van der Waals surface area contributed by atoms with Gasteiger partial charge in [0.25, 0.3) is 5.91 Å². The van der Waals surface area contributed by atoms with Crippen LogP contribution in [0.5, 0.6) is 11.5 Å². The van der Waals surface area contributed by atoms with Crippen LogP contribution in [-0.2, 0) is 9.59 Å². The first-order valence-electron chi connectivity index (χ1n) is 8.00. The maximum Gasteiger partial charge on any atom is 0.329 e. The molecule has 1 aromatic rings. The molecule has 2 atom stereocenters. The maximum absolute atomic E-state index is 12.6. The van der Waals surface area contributed by atoms with E-state index in [0.717, 1.165) is 19.3 Å². The number of nitrogens with one attached hydrogen (secondary N) is 1. The Hall–Kier alpha value is -2.24. The molecule has 0 spiro atoms. The highest BCUT2D eigenvalue weighted by atomic mass is 16.6. The summed E-state index contributed by atoms with van der Waals surface area (Å²) in [7, 11) is 0. The Morgan fingerprint density at radius 3 is 2.35 bits per heavy atom. The minimum atomic E-state index is -1.19. The summed E-state index contributed by atoms with van der Waals surface area (Å²) < 4.78 is 11.5. The first-order chi connectivity index (χ1) is 11.0. The lowest BCUT2D eigenvalue weighted by Crippen LogP contribution is -2.60. The molecule has 1 saturated carbocycles. The van der Waals surface area contributed by atoms with Crippen molar-refractivity contribution in [1.29, 1.82) is 0 Å². The van der Waals surface area contributed by atoms with Crippen LogP contribution < -0.4 is 14.8 Å². The molecule has 2 aliphatic rings. The molecule has 1 aromatic carbocycles. The molecule has 124 valence electrons. The molecule has 0 bridgehead atoms. The van der Waals surface area contributed by atoms with E-state index >= 15 is 0 Å². The molecule has 3 rings (SSSR count). The second kappa shape index (κ2) is 6.10. The molecule has 1 amide bonds. The minimum Gasteiger partial charge on any atom is -0.482 e. The summed E-state index contributed by atoms with van der Waals surface area (Å²) in [6, 6.07) is 7.14. The zero-order valence-electron chi connectivity index (χ0n) is 13.1. The number of fused-ring (bicyclic) bond motifs is 1. The van der Waals surface area contributed by atoms with Gasteiger partial charge in [-0.3, -0.25) is 4.79 Å². The lowest BCUT2D eigenvalue weighted by atomic mass is 9.81. The molecular formula is C17H21NO5. The first-order valence-corrected chi connectivity index (χ1v) is 8.00. The predicted octanol–water partition coefficient (Wildman–Crippen LogP) is 2.12. The van der Waals surface area contributed by atoms with E-state index in [1.807, 2.05) is 6.07 Å². The summed E-state index contributed by atoms with van der Waals surface area (Å²) in [6.07, 6.45) is 2.15. The zero-order valence-corrected chi connectivity index (χ0v) is 13.1. The lowest BCUT2D eigenvalue weighted by Gasteiger charge is -2.37. The smallest absolute Gasteiger partial charge is 0.329 e. The van der Waals surface area contributed by atoms with Gasteiger partial charge in [-0.05, 0) is 31.9 Å². The van der Waals surface area contributed by atoms with Crippen molar-refractivity contribution in [2.24, 2.45) is 0 Å². The van der Waals surface area contributed by atoms with Crippen LogP contribution in [0.3, 0.4) is 0 Å². The van der Waals surface area contributed by atoms with Gasteiger partial charge in [0.2, 0.25) is 6.10 Å². The molecule has 0 aromatic heterocycles. The molecule has 0 saturated heterocycles. The van der Waals surface area contributed by atoms with Crippen molar-refractivity contribution in [2.75, 3.05) is 0 Å². The fourth-order valence-corrected chi connectivity index (χ4v) is 3.26. The molecule has 2 unspecified atom stereocenters. The fourth-order valence-electron chi connectivity index (χ4n) is 3.26. The summed E-state index contributed by atoms with van der Waals surface area (Å²) in [5.41, 5.74) is -1.19. The number of carbonyl (C=O) groups is 2. The van der Waals surface area contributed by atoms with Crippen molar-refractivity contribution < 1.29 is 24.2 Å². The summed E-state index contributed by atoms with van der Waals surface area (Å²) >= 11 is 0. The SMILES string of the molecule is CC1Oc2ccccc2OC1C(=O)NC1(C(=O)O)CCCCC1. The number of hydrogen-bond donors (Lipinski definition) is 2. The molecule has 2 N–H and O–H groups in total. The number of hydrogen-bond acceptors (Lipinski definition) is 4. The Labute approximate surface area is 134 Å². The van der Waals surface area contributed by atoms with Crippen LogP contribution in [0.1, 0.15) is 39.0 Å². The third-order valence-electron chi connectivity index (χ3n) is 4.58. The van der Waals surface area contributed by atoms with Gasteiger partial charge < -0.3 is 19.9 Å². The third-order valence-corrected chi connectivity index (χ3v) is 4.58. The monoisotopic (exact) mass is 319 g/mol. The third kappa shape index (κ3) is 2.98. The molecular weight excluding hydrogens is 298 g/mol. The highest BCUT2D eigenvalue weighted by molar-refractivity contribution is 5.90. The van der Waals surface area contributed by atoms with Gasteiger partial charge in [-0.15, -0.1) is 0 Å². The number of amides is 1. The number of carbonyl (C=O) groups excluding carboxylic acids is 1. The molecule has 23 heavy (non-hydrogen) atoms. The molecule has 1 aliphatic carbocycles. The average molecular weight is 319 g/mol. The van der Waals surface area contributed by atoms with Crippen molar-refractivity contribution >= 4 is 11.9 Å². The topological polar surface area (TPSA) is 84.9 Å². The van der Waals surface area contributed by atoms with Crippen molar-refractivity contribution in [2.45, 2.75) is 56.8 Å². The second-order valence-corrected chi connectivity index (χ2v) is 6.25. The van der Waals surface area contributed by atoms with Crippen LogP contribution >= 0.6 is 0 Å². The Balaban J connectivity index is 1.76. The van der Waals surface area contributed by atoms with E-state index in [1.165, 1.54) is 0 Å². The number of para-hydroxylation sites is 2. The zero-order chi connectivity index (χ0) is 16.4. The van der Waals surface area contributed by atoms with Crippen molar-refractivity contribution in [3.05, 3.63) is 24.3 Å². The molecule has 1 aliphatic heterocycles. The van der Waals surface area contributed by atoms with Crippen LogP contribution in [0.4, 0.5) is 0 Å². The summed E-state index contributed by atoms with van der Waals surface area (Å²) in [5, 5.41) is 12.3. The van der Waals surface area contributed by atoms with Gasteiger partial charge in [-0.25, -0.2) is 4.79 Å². The minimum absolute atomic E-state index is 0.434. The molecule has 6 heteroatoms. The Bertz CT molecular complexity index is 609. The predicted molar refractivity (Wildman–Crippen MR) is 82.5 cm³/mol. The van der Waals surface area contributed by atoms with Crippen LogP contribution in [-0.4, -0.2) is 34.7 Å². The van der Waals surface area contributed by atoms with Gasteiger partial charge in [0.1, 0.15) is 11.6 Å². The number of carboxylic acid groups (broad SMARTS) is 1. The van der Waals surface area contributed by atoms with E-state index in [1.54, 1.807) is 25.1 Å². The maximum atomic E-state index is 12.6. The Kier molecular flexibility index (Phi) is 4.15. The number of carboxylic acids is 1.